The van der Waals surface area contributed by atoms with Crippen LogP contribution in [0.2, 0.25) is 0 Å². The van der Waals surface area contributed by atoms with Gasteiger partial charge in [0.15, 0.2) is 0 Å². The number of carbonyl (C=O) groups is 9. The summed E-state index contributed by atoms with van der Waals surface area (Å²) in [6.07, 6.45) is 1.30. The molecule has 0 aromatic heterocycles. The molecule has 0 aliphatic heterocycles. The van der Waals surface area contributed by atoms with E-state index in [2.05, 4.69) is 93.6 Å². The Hall–Kier alpha value is -17.0. The van der Waals surface area contributed by atoms with Gasteiger partial charge in [-0.3, -0.25) is 4.79 Å². The van der Waals surface area contributed by atoms with Crippen molar-refractivity contribution in [2.45, 2.75) is 123 Å². The number of halogens is 1. The zero-order chi connectivity index (χ0) is 103. The minimum absolute atomic E-state index is 0.0545. The maximum Gasteiger partial charge on any atom is 0.338 e. The number of nitrogens with one attached hydrogen (secondary N) is 15. The van der Waals surface area contributed by atoms with E-state index in [4.69, 9.17) is 21.1 Å². The maximum absolute atomic E-state index is 12.0. The van der Waals surface area contributed by atoms with Crippen LogP contribution in [0.1, 0.15) is 125 Å². The van der Waals surface area contributed by atoms with Crippen LogP contribution in [0.15, 0.2) is 346 Å². The lowest BCUT2D eigenvalue weighted by Gasteiger charge is -2.10. The molecule has 14 rings (SSSR count). The van der Waals surface area contributed by atoms with E-state index in [-0.39, 0.29) is 54.1 Å². The third-order valence-electron chi connectivity index (χ3n) is 19.8. The van der Waals surface area contributed by atoms with Gasteiger partial charge in [-0.1, -0.05) is 190 Å². The van der Waals surface area contributed by atoms with Crippen molar-refractivity contribution >= 4 is 140 Å². The highest BCUT2D eigenvalue weighted by Crippen LogP contribution is 2.26. The molecule has 0 bridgehead atoms. The molecule has 0 heterocycles. The quantitative estimate of drug-likeness (QED) is 0.0162. The maximum atomic E-state index is 12.0. The molecule has 0 fully saturated rings. The zero-order valence-corrected chi connectivity index (χ0v) is 83.9. The SMILES string of the molecule is CCC(=O)Nc1ccc(C)cc1.CCNC(=O)Nc1cccc(C)c1.CCOC(=O)c1ccc(NC(=O)Nc2cccc(C)c2)cc1.Cc1ccc(NC(=O)Nc2cccc(C)c2)cc1.Cc1cccc(NC(=O)NCCCCl)c1.Cc1cccc(NC(=O)Nc2ccc(C(C)C)cc2)c1.Cc1cccc(NC(=O)Nc2ccc(Oc3ccccc3)cc2)c1.Cc1cccc(NC(=O)Nc2ccccc2C)c1. The van der Waals surface area contributed by atoms with Crippen molar-refractivity contribution in [3.63, 3.8) is 0 Å². The van der Waals surface area contributed by atoms with Crippen LogP contribution in [0.4, 0.5) is 107 Å². The monoisotopic (exact) mass is 1930 g/mol. The van der Waals surface area contributed by atoms with E-state index in [1.807, 2.05) is 392 Å². The van der Waals surface area contributed by atoms with Crippen molar-refractivity contribution in [2.24, 2.45) is 0 Å². The molecule has 14 aromatic carbocycles. The molecule has 27 heteroatoms. The van der Waals surface area contributed by atoms with Gasteiger partial charge in [-0.2, -0.15) is 0 Å². The first-order chi connectivity index (χ1) is 68.2. The van der Waals surface area contributed by atoms with Gasteiger partial charge in [0.05, 0.1) is 12.2 Å². The molecule has 0 spiro atoms. The highest BCUT2D eigenvalue weighted by molar-refractivity contribution is 6.17. The number of anilines is 13. The van der Waals surface area contributed by atoms with E-state index in [0.717, 1.165) is 119 Å². The van der Waals surface area contributed by atoms with Crippen LogP contribution in [0.25, 0.3) is 0 Å². The molecule has 0 saturated carbocycles. The Morgan fingerprint density at radius 1 is 0.275 bits per heavy atom. The summed E-state index contributed by atoms with van der Waals surface area (Å²) in [5.41, 5.74) is 22.9. The molecule has 14 aromatic rings. The molecular formula is C115H130ClN15O11. The third-order valence-corrected chi connectivity index (χ3v) is 20.1. The Balaban J connectivity index is 0.000000222. The summed E-state index contributed by atoms with van der Waals surface area (Å²) < 4.78 is 10.6. The van der Waals surface area contributed by atoms with E-state index in [1.165, 1.54) is 16.7 Å². The van der Waals surface area contributed by atoms with Crippen LogP contribution in [0.3, 0.4) is 0 Å². The summed E-state index contributed by atoms with van der Waals surface area (Å²) >= 11 is 5.49. The normalized spacial score (nSPS) is 9.89. The summed E-state index contributed by atoms with van der Waals surface area (Å²) in [6.45, 7) is 31.2. The molecule has 0 unspecified atom stereocenters. The highest BCUT2D eigenvalue weighted by Gasteiger charge is 2.13. The minimum atomic E-state index is -0.377. The molecule has 0 saturated heterocycles. The number of benzene rings is 14. The summed E-state index contributed by atoms with van der Waals surface area (Å²) in [4.78, 5) is 104. The molecule has 0 atom stereocenters. The first kappa shape index (κ1) is 112. The number of para-hydroxylation sites is 2. The van der Waals surface area contributed by atoms with Crippen molar-refractivity contribution in [3.8, 4) is 11.5 Å². The van der Waals surface area contributed by atoms with Gasteiger partial charge in [0.2, 0.25) is 5.91 Å². The second-order valence-electron chi connectivity index (χ2n) is 32.9. The molecule has 0 radical (unpaired) electrons. The predicted molar refractivity (Wildman–Crippen MR) is 585 cm³/mol. The van der Waals surface area contributed by atoms with Crippen LogP contribution < -0.4 is 84.5 Å². The van der Waals surface area contributed by atoms with E-state index in [0.29, 0.717) is 60.6 Å². The second-order valence-corrected chi connectivity index (χ2v) is 33.2. The molecule has 15 N–H and O–H groups in total. The number of carbonyl (C=O) groups excluding carboxylic acids is 9. The fourth-order valence-electron chi connectivity index (χ4n) is 12.6. The number of esters is 1. The van der Waals surface area contributed by atoms with Gasteiger partial charge in [0, 0.05) is 99.3 Å². The van der Waals surface area contributed by atoms with Crippen molar-refractivity contribution in [3.05, 3.63) is 413 Å². The predicted octanol–water partition coefficient (Wildman–Crippen LogP) is 29.1. The van der Waals surface area contributed by atoms with Crippen molar-refractivity contribution in [1.29, 1.82) is 0 Å². The molecule has 26 nitrogen and oxygen atoms in total. The van der Waals surface area contributed by atoms with Gasteiger partial charge in [-0.15, -0.1) is 11.6 Å². The van der Waals surface area contributed by atoms with Gasteiger partial charge >= 0.3 is 48.2 Å². The number of amides is 15. The topological polar surface area (TPSA) is 353 Å². The Morgan fingerprint density at radius 3 is 0.880 bits per heavy atom. The first-order valence-corrected chi connectivity index (χ1v) is 47.0. The van der Waals surface area contributed by atoms with Crippen LogP contribution in [0, 0.1) is 69.2 Å². The number of aryl methyl sites for hydroxylation is 10. The molecule has 142 heavy (non-hydrogen) atoms. The Kier molecular flexibility index (Phi) is 48.9. The van der Waals surface area contributed by atoms with Gasteiger partial charge in [0.25, 0.3) is 0 Å². The smallest absolute Gasteiger partial charge is 0.338 e. The fraction of sp³-hybridized carbons (Fsp3) is 0.191. The summed E-state index contributed by atoms with van der Waals surface area (Å²) in [5, 5.41) is 41.6. The fourth-order valence-corrected chi connectivity index (χ4v) is 12.8. The van der Waals surface area contributed by atoms with E-state index >= 15 is 0 Å². The minimum Gasteiger partial charge on any atom is -0.462 e. The molecular weight excluding hydrogens is 1800 g/mol. The van der Waals surface area contributed by atoms with Gasteiger partial charge in [0.1, 0.15) is 11.5 Å². The largest absolute Gasteiger partial charge is 0.462 e. The lowest BCUT2D eigenvalue weighted by molar-refractivity contribution is -0.115. The highest BCUT2D eigenvalue weighted by atomic mass is 35.5. The Bertz CT molecular complexity index is 6310. The van der Waals surface area contributed by atoms with Crippen molar-refractivity contribution < 1.29 is 52.6 Å². The Morgan fingerprint density at radius 2 is 0.563 bits per heavy atom. The number of rotatable bonds is 23. The molecule has 738 valence electrons. The lowest BCUT2D eigenvalue weighted by Crippen LogP contribution is -2.29. The number of urea groups is 7. The van der Waals surface area contributed by atoms with Crippen molar-refractivity contribution in [2.75, 3.05) is 94.7 Å². The number of hydrogen-bond acceptors (Lipinski definition) is 11. The van der Waals surface area contributed by atoms with E-state index in [9.17, 15) is 43.2 Å². The van der Waals surface area contributed by atoms with Gasteiger partial charge < -0.3 is 89.2 Å². The van der Waals surface area contributed by atoms with Crippen LogP contribution in [-0.2, 0) is 9.53 Å². The molecule has 0 aliphatic rings. The summed E-state index contributed by atoms with van der Waals surface area (Å²) in [5.74, 6) is 2.22. The lowest BCUT2D eigenvalue weighted by atomic mass is 10.0. The van der Waals surface area contributed by atoms with Crippen LogP contribution >= 0.6 is 11.6 Å². The molecule has 0 aliphatic carbocycles. The van der Waals surface area contributed by atoms with Gasteiger partial charge in [-0.25, -0.2) is 38.4 Å². The first-order valence-electron chi connectivity index (χ1n) is 46.5. The number of alkyl halides is 1. The molecule has 15 amide bonds. The third kappa shape index (κ3) is 46.2. The summed E-state index contributed by atoms with van der Waals surface area (Å²) in [7, 11) is 0. The average Bonchev–Trinajstić information content (AvgIpc) is 0.872. The second kappa shape index (κ2) is 62.0. The van der Waals surface area contributed by atoms with E-state index < -0.39 is 0 Å². The average molecular weight is 1930 g/mol. The van der Waals surface area contributed by atoms with Gasteiger partial charge in [-0.05, 0) is 334 Å². The number of hydrogen-bond donors (Lipinski definition) is 15. The summed E-state index contributed by atoms with van der Waals surface area (Å²) in [6, 6.07) is 106. The zero-order valence-electron chi connectivity index (χ0n) is 83.1. The Labute approximate surface area is 839 Å². The number of ether oxygens (including phenoxy) is 2. The standard InChI is InChI=1S/C20H18N2O2.C17H18N2O3.C17H20N2O.2C15H16N2O.C11H15ClN2O.C10H14N2O.C10H13NO/c1-15-6-5-7-17(14-15)22-20(23)21-16-10-12-19(13-11-16)24-18-8-3-2-4-9-18;1-3-22-16(20)13-7-9-14(10-8-13)18-17(21)19-15-6-4-5-12(2)11-15;1-12(2)14-7-9-15(10-8-14)18-17(20)19-16-6-4-5-13(3)11-16;1-11-6-5-8-13(10-11)16-15(18)17-14-9-4-3-7-12(14)2;1-11-6-8-13(9-7-11)16-15(18)17-14-5-3-4-12(2)10-14;1-9-4-2-5-10(8-9)14-11(15)13-7-3-6-12;1-3-11-10(13)12-9-6-4-5-8(2)7-9;1-3-10(12)11-9-6-4-8(2)5-7-9/h2-14H,1H3,(H2,21,22,23);4-11H,3H2,1-2H3,(H2,18,19,21);4-12H,1-3H3,(H2,18,19,20);2*3-10H,1-2H3,(H2,16,17,18);2,4-5,8H,3,6-7H2,1H3,(H2,13,14,15);4-7H,3H2,1-2H3,(H2,11,12,13);4-7H,3H2,1-2H3,(H,11,12). The van der Waals surface area contributed by atoms with Crippen LogP contribution in [0.5, 0.6) is 11.5 Å². The van der Waals surface area contributed by atoms with E-state index in [1.54, 1.807) is 43.3 Å². The van der Waals surface area contributed by atoms with Crippen molar-refractivity contribution in [1.82, 2.24) is 10.6 Å². The van der Waals surface area contributed by atoms with Crippen LogP contribution in [-0.4, -0.2) is 79.7 Å².